The maximum atomic E-state index is 15.1. The largest absolute Gasteiger partial charge is 0.506 e. The van der Waals surface area contributed by atoms with Gasteiger partial charge in [-0.1, -0.05) is 0 Å². The van der Waals surface area contributed by atoms with Crippen molar-refractivity contribution in [3.05, 3.63) is 23.0 Å². The number of aryl methyl sites for hydroxylation is 1. The molecule has 2 aliphatic rings. The number of halogens is 1. The number of hydrogen-bond acceptors (Lipinski definition) is 6. The van der Waals surface area contributed by atoms with E-state index in [1.807, 2.05) is 13.8 Å². The summed E-state index contributed by atoms with van der Waals surface area (Å²) in [5.74, 6) is -2.05. The molecule has 8 nitrogen and oxygen atoms in total. The minimum Gasteiger partial charge on any atom is -0.506 e. The van der Waals surface area contributed by atoms with Crippen LogP contribution in [-0.2, 0) is 32.6 Å². The van der Waals surface area contributed by atoms with E-state index in [1.54, 1.807) is 4.72 Å². The quantitative estimate of drug-likeness (QED) is 0.602. The van der Waals surface area contributed by atoms with Crippen LogP contribution in [0.2, 0.25) is 0 Å². The molecule has 1 saturated heterocycles. The lowest BCUT2D eigenvalue weighted by atomic mass is 9.87. The van der Waals surface area contributed by atoms with Gasteiger partial charge in [-0.05, 0) is 50.3 Å². The van der Waals surface area contributed by atoms with Gasteiger partial charge >= 0.3 is 10.2 Å². The third kappa shape index (κ3) is 4.17. The van der Waals surface area contributed by atoms with Gasteiger partial charge in [0.25, 0.3) is 5.91 Å². The number of carbonyl (C=O) groups excluding carboxylic acids is 1. The number of fused-ring (bicyclic) bond motifs is 1. The fraction of sp³-hybridized carbons (Fsp3) is 0.588. The van der Waals surface area contributed by atoms with Crippen LogP contribution in [0.5, 0.6) is 5.75 Å². The molecular formula is C17H24FN3O5S. The molecule has 0 radical (unpaired) electrons. The van der Waals surface area contributed by atoms with E-state index in [4.69, 9.17) is 4.74 Å². The van der Waals surface area contributed by atoms with Crippen molar-refractivity contribution in [1.82, 2.24) is 10.0 Å². The molecule has 10 heteroatoms. The first kappa shape index (κ1) is 19.8. The summed E-state index contributed by atoms with van der Waals surface area (Å²) < 4.78 is 47.0. The highest BCUT2D eigenvalue weighted by Gasteiger charge is 2.39. The molecule has 1 atom stereocenters. The Morgan fingerprint density at radius 3 is 2.85 bits per heavy atom. The highest BCUT2D eigenvalue weighted by atomic mass is 32.2. The van der Waals surface area contributed by atoms with E-state index in [1.165, 1.54) is 6.07 Å². The number of phenols is 1. The van der Waals surface area contributed by atoms with Gasteiger partial charge in [0.15, 0.2) is 5.82 Å². The van der Waals surface area contributed by atoms with Gasteiger partial charge < -0.3 is 15.2 Å². The lowest BCUT2D eigenvalue weighted by molar-refractivity contribution is -0.117. The third-order valence-electron chi connectivity index (χ3n) is 4.68. The van der Waals surface area contributed by atoms with Crippen molar-refractivity contribution in [3.63, 3.8) is 0 Å². The predicted octanol–water partition coefficient (Wildman–Crippen LogP) is 0.584. The SMILES string of the molecule is CC(C)OCCNC1CCc2cc(O)c(N3CC(=O)NS3(=O)=O)c(F)c2C1. The lowest BCUT2D eigenvalue weighted by Crippen LogP contribution is -2.37. The molecule has 1 unspecified atom stereocenters. The molecule has 1 aromatic carbocycles. The molecule has 0 bridgehead atoms. The number of nitrogens with one attached hydrogen (secondary N) is 2. The predicted molar refractivity (Wildman–Crippen MR) is 97.4 cm³/mol. The first-order chi connectivity index (χ1) is 12.7. The van der Waals surface area contributed by atoms with Crippen LogP contribution in [0.3, 0.4) is 0 Å². The van der Waals surface area contributed by atoms with Gasteiger partial charge in [0.1, 0.15) is 18.0 Å². The number of nitrogens with zero attached hydrogens (tertiary/aromatic N) is 1. The Balaban J connectivity index is 1.81. The average Bonchev–Trinajstić information content (AvgIpc) is 2.84. The fourth-order valence-electron chi connectivity index (χ4n) is 3.45. The number of benzene rings is 1. The summed E-state index contributed by atoms with van der Waals surface area (Å²) in [6.07, 6.45) is 1.84. The van der Waals surface area contributed by atoms with Crippen LogP contribution in [0, 0.1) is 5.82 Å². The van der Waals surface area contributed by atoms with E-state index in [0.717, 1.165) is 6.42 Å². The molecule has 150 valence electrons. The summed E-state index contributed by atoms with van der Waals surface area (Å²) in [6, 6.07) is 1.42. The van der Waals surface area contributed by atoms with Gasteiger partial charge in [0.2, 0.25) is 0 Å². The van der Waals surface area contributed by atoms with Crippen molar-refractivity contribution in [2.45, 2.75) is 45.3 Å². The number of hydrogen-bond donors (Lipinski definition) is 3. The lowest BCUT2D eigenvalue weighted by Gasteiger charge is -2.28. The van der Waals surface area contributed by atoms with E-state index < -0.39 is 39.9 Å². The highest BCUT2D eigenvalue weighted by molar-refractivity contribution is 7.92. The second-order valence-corrected chi connectivity index (χ2v) is 8.64. The molecule has 27 heavy (non-hydrogen) atoms. The molecule has 1 amide bonds. The molecule has 3 rings (SSSR count). The smallest absolute Gasteiger partial charge is 0.326 e. The number of anilines is 1. The molecule has 1 heterocycles. The molecule has 1 fully saturated rings. The van der Waals surface area contributed by atoms with Crippen LogP contribution in [0.1, 0.15) is 31.4 Å². The van der Waals surface area contributed by atoms with Crippen molar-refractivity contribution < 1.29 is 27.4 Å². The summed E-state index contributed by atoms with van der Waals surface area (Å²) in [5.41, 5.74) is 0.544. The van der Waals surface area contributed by atoms with Crippen LogP contribution >= 0.6 is 0 Å². The highest BCUT2D eigenvalue weighted by Crippen LogP contribution is 2.39. The average molecular weight is 401 g/mol. The zero-order valence-electron chi connectivity index (χ0n) is 15.3. The summed E-state index contributed by atoms with van der Waals surface area (Å²) >= 11 is 0. The first-order valence-corrected chi connectivity index (χ1v) is 10.3. The van der Waals surface area contributed by atoms with Gasteiger partial charge in [0, 0.05) is 12.6 Å². The molecule has 0 spiro atoms. The monoisotopic (exact) mass is 401 g/mol. The Hall–Kier alpha value is -1.91. The van der Waals surface area contributed by atoms with Gasteiger partial charge in [-0.2, -0.15) is 8.42 Å². The van der Waals surface area contributed by atoms with Crippen molar-refractivity contribution in [2.75, 3.05) is 24.0 Å². The second-order valence-electron chi connectivity index (χ2n) is 7.05. The zero-order valence-corrected chi connectivity index (χ0v) is 16.1. The van der Waals surface area contributed by atoms with Gasteiger partial charge in [-0.3, -0.25) is 4.79 Å². The van der Waals surface area contributed by atoms with Crippen molar-refractivity contribution >= 4 is 21.8 Å². The van der Waals surface area contributed by atoms with Gasteiger partial charge in [-0.15, -0.1) is 0 Å². The molecule has 1 aromatic rings. The third-order valence-corrected chi connectivity index (χ3v) is 6.06. The first-order valence-electron chi connectivity index (χ1n) is 8.90. The molecule has 1 aliphatic heterocycles. The Morgan fingerprint density at radius 1 is 1.48 bits per heavy atom. The normalized spacial score (nSPS) is 21.4. The summed E-state index contributed by atoms with van der Waals surface area (Å²) in [7, 11) is -4.20. The maximum Gasteiger partial charge on any atom is 0.326 e. The minimum absolute atomic E-state index is 0.0232. The number of amides is 1. The van der Waals surface area contributed by atoms with E-state index in [-0.39, 0.29) is 12.1 Å². The molecule has 0 aromatic heterocycles. The Morgan fingerprint density at radius 2 is 2.22 bits per heavy atom. The number of phenolic OH excluding ortho intramolecular Hbond substituents is 1. The van der Waals surface area contributed by atoms with Crippen molar-refractivity contribution in [3.8, 4) is 5.75 Å². The Kier molecular flexibility index (Phi) is 5.59. The molecular weight excluding hydrogens is 377 g/mol. The van der Waals surface area contributed by atoms with Crippen LogP contribution in [0.25, 0.3) is 0 Å². The zero-order chi connectivity index (χ0) is 19.8. The van der Waals surface area contributed by atoms with Crippen LogP contribution in [0.15, 0.2) is 6.07 Å². The van der Waals surface area contributed by atoms with Crippen LogP contribution in [-0.4, -0.2) is 51.3 Å². The summed E-state index contributed by atoms with van der Waals surface area (Å²) in [5, 5.41) is 13.5. The number of carbonyl (C=O) groups is 1. The number of aromatic hydroxyl groups is 1. The number of rotatable bonds is 6. The Labute approximate surface area is 157 Å². The second kappa shape index (κ2) is 7.61. The van der Waals surface area contributed by atoms with Gasteiger partial charge in [0.05, 0.1) is 12.7 Å². The van der Waals surface area contributed by atoms with Crippen molar-refractivity contribution in [1.29, 1.82) is 0 Å². The molecule has 0 saturated carbocycles. The van der Waals surface area contributed by atoms with E-state index in [0.29, 0.717) is 41.4 Å². The summed E-state index contributed by atoms with van der Waals surface area (Å²) in [4.78, 5) is 11.4. The van der Waals surface area contributed by atoms with Crippen LogP contribution < -0.4 is 14.3 Å². The topological polar surface area (TPSA) is 108 Å². The van der Waals surface area contributed by atoms with E-state index >= 15 is 4.39 Å². The Bertz CT molecular complexity index is 843. The van der Waals surface area contributed by atoms with E-state index in [2.05, 4.69) is 5.32 Å². The van der Waals surface area contributed by atoms with E-state index in [9.17, 15) is 18.3 Å². The maximum absolute atomic E-state index is 15.1. The fourth-order valence-corrected chi connectivity index (χ4v) is 4.62. The van der Waals surface area contributed by atoms with Crippen LogP contribution in [0.4, 0.5) is 10.1 Å². The standard InChI is InChI=1S/C17H24FN3O5S/c1-10(2)26-6-5-19-12-4-3-11-7-14(22)17(16(18)13(11)8-12)21-9-15(23)20-27(21,24)25/h7,10,12,19,22H,3-6,8-9H2,1-2H3,(H,20,23). The van der Waals surface area contributed by atoms with Gasteiger partial charge in [-0.25, -0.2) is 13.4 Å². The van der Waals surface area contributed by atoms with Crippen molar-refractivity contribution in [2.24, 2.45) is 0 Å². The minimum atomic E-state index is -4.20. The molecule has 1 aliphatic carbocycles. The molecule has 3 N–H and O–H groups in total. The number of ether oxygens (including phenoxy) is 1. The summed E-state index contributed by atoms with van der Waals surface area (Å²) in [6.45, 7) is 4.52.